The van der Waals surface area contributed by atoms with Crippen molar-refractivity contribution in [1.29, 1.82) is 0 Å². The summed E-state index contributed by atoms with van der Waals surface area (Å²) in [6.45, 7) is 9.75. The largest absolute Gasteiger partial charge is 0.103 e. The van der Waals surface area contributed by atoms with E-state index in [1.54, 1.807) is 0 Å². The van der Waals surface area contributed by atoms with Crippen LogP contribution >= 0.6 is 0 Å². The van der Waals surface area contributed by atoms with Gasteiger partial charge in [0.05, 0.1) is 0 Å². The molecule has 0 saturated heterocycles. The fourth-order valence-electron chi connectivity index (χ4n) is 1.06. The van der Waals surface area contributed by atoms with Crippen LogP contribution in [0.2, 0.25) is 0 Å². The molecule has 48 valence electrons. The van der Waals surface area contributed by atoms with Gasteiger partial charge in [-0.2, -0.15) is 0 Å². The normalized spacial score (nSPS) is 24.8. The Balaban J connectivity index is 2.56. The molecule has 0 aromatic rings. The first-order valence-corrected chi connectivity index (χ1v) is 3.26. The van der Waals surface area contributed by atoms with Gasteiger partial charge in [-0.05, 0) is 23.5 Å². The zero-order valence-electron chi connectivity index (χ0n) is 5.85. The van der Waals surface area contributed by atoms with Crippen molar-refractivity contribution in [1.82, 2.24) is 0 Å². The molecule has 0 nitrogen and oxygen atoms in total. The molecule has 0 aromatic carbocycles. The van der Waals surface area contributed by atoms with E-state index in [-0.39, 0.29) is 0 Å². The van der Waals surface area contributed by atoms with Gasteiger partial charge in [0.2, 0.25) is 0 Å². The zero-order valence-corrected chi connectivity index (χ0v) is 5.85. The maximum Gasteiger partial charge on any atom is -0.000754 e. The van der Waals surface area contributed by atoms with Crippen molar-refractivity contribution in [3.05, 3.63) is 36.5 Å². The summed E-state index contributed by atoms with van der Waals surface area (Å²) in [4.78, 5) is 0. The minimum Gasteiger partial charge on any atom is -0.103 e. The number of rotatable bonds is 2. The van der Waals surface area contributed by atoms with E-state index in [1.807, 2.05) is 6.08 Å². The second-order valence-corrected chi connectivity index (χ2v) is 2.50. The van der Waals surface area contributed by atoms with E-state index in [2.05, 4.69) is 26.2 Å². The summed E-state index contributed by atoms with van der Waals surface area (Å²) < 4.78 is 0. The number of allylic oxidation sites excluding steroid dienone is 4. The number of hydrogen-bond acceptors (Lipinski definition) is 0. The summed E-state index contributed by atoms with van der Waals surface area (Å²) in [7, 11) is 0. The van der Waals surface area contributed by atoms with Crippen LogP contribution in [0.15, 0.2) is 36.5 Å². The summed E-state index contributed by atoms with van der Waals surface area (Å²) in [6.07, 6.45) is 5.15. The van der Waals surface area contributed by atoms with Crippen LogP contribution in [0.3, 0.4) is 0 Å². The van der Waals surface area contributed by atoms with Crippen molar-refractivity contribution in [3.8, 4) is 0 Å². The summed E-state index contributed by atoms with van der Waals surface area (Å²) in [5, 5.41) is 0. The van der Waals surface area contributed by atoms with Gasteiger partial charge < -0.3 is 0 Å². The third-order valence-corrected chi connectivity index (χ3v) is 1.78. The van der Waals surface area contributed by atoms with Gasteiger partial charge in [0.15, 0.2) is 0 Å². The Hall–Kier alpha value is -0.780. The fourth-order valence-corrected chi connectivity index (χ4v) is 1.06. The lowest BCUT2D eigenvalue weighted by molar-refractivity contribution is 0.787. The average molecular weight is 120 g/mol. The van der Waals surface area contributed by atoms with Crippen LogP contribution in [0.1, 0.15) is 13.3 Å². The Bertz CT molecular complexity index is 172. The molecule has 1 atom stereocenters. The van der Waals surface area contributed by atoms with Crippen molar-refractivity contribution < 1.29 is 0 Å². The van der Waals surface area contributed by atoms with Crippen LogP contribution in [-0.4, -0.2) is 0 Å². The van der Waals surface area contributed by atoms with Crippen LogP contribution in [0.5, 0.6) is 0 Å². The van der Waals surface area contributed by atoms with E-state index < -0.39 is 0 Å². The molecule has 1 rings (SSSR count). The molecule has 0 heteroatoms. The van der Waals surface area contributed by atoms with E-state index in [1.165, 1.54) is 11.1 Å². The summed E-state index contributed by atoms with van der Waals surface area (Å²) in [5.74, 6) is 0.611. The summed E-state index contributed by atoms with van der Waals surface area (Å²) >= 11 is 0. The molecule has 0 saturated carbocycles. The van der Waals surface area contributed by atoms with Crippen LogP contribution in [0.25, 0.3) is 0 Å². The third kappa shape index (κ3) is 0.973. The monoisotopic (exact) mass is 120 g/mol. The predicted octanol–water partition coefficient (Wildman–Crippen LogP) is 2.69. The second-order valence-electron chi connectivity index (χ2n) is 2.50. The lowest BCUT2D eigenvalue weighted by Gasteiger charge is -2.24. The van der Waals surface area contributed by atoms with Gasteiger partial charge in [-0.3, -0.25) is 0 Å². The Morgan fingerprint density at radius 3 is 2.78 bits per heavy atom. The standard InChI is InChI=1S/C9H12/c1-4-5-9-6-7(2)8(9)3/h4,6-7H,1,3,5H2,2H3. The first-order valence-electron chi connectivity index (χ1n) is 3.26. The van der Waals surface area contributed by atoms with E-state index in [0.29, 0.717) is 5.92 Å². The molecule has 0 N–H and O–H groups in total. The highest BCUT2D eigenvalue weighted by molar-refractivity contribution is 5.43. The summed E-state index contributed by atoms with van der Waals surface area (Å²) in [6, 6.07) is 0. The lowest BCUT2D eigenvalue weighted by atomic mass is 9.81. The van der Waals surface area contributed by atoms with E-state index in [4.69, 9.17) is 0 Å². The topological polar surface area (TPSA) is 0 Å². The average Bonchev–Trinajstić information content (AvgIpc) is 1.88. The molecule has 0 aromatic heterocycles. The van der Waals surface area contributed by atoms with Gasteiger partial charge >= 0.3 is 0 Å². The first-order chi connectivity index (χ1) is 4.25. The SMILES string of the molecule is C=CCC1=CC(C)C1=C. The maximum absolute atomic E-state index is 3.93. The van der Waals surface area contributed by atoms with Crippen LogP contribution < -0.4 is 0 Å². The van der Waals surface area contributed by atoms with Gasteiger partial charge in [-0.25, -0.2) is 0 Å². The molecule has 1 unspecified atom stereocenters. The van der Waals surface area contributed by atoms with E-state index >= 15 is 0 Å². The highest BCUT2D eigenvalue weighted by atomic mass is 14.2. The van der Waals surface area contributed by atoms with Crippen molar-refractivity contribution in [2.75, 3.05) is 0 Å². The third-order valence-electron chi connectivity index (χ3n) is 1.78. The van der Waals surface area contributed by atoms with Crippen LogP contribution in [0, 0.1) is 5.92 Å². The molecule has 0 amide bonds. The van der Waals surface area contributed by atoms with Gasteiger partial charge in [-0.15, -0.1) is 6.58 Å². The molecule has 1 aliphatic carbocycles. The van der Waals surface area contributed by atoms with Crippen molar-refractivity contribution >= 4 is 0 Å². The van der Waals surface area contributed by atoms with Gasteiger partial charge in [-0.1, -0.05) is 25.7 Å². The Labute approximate surface area is 56.6 Å². The lowest BCUT2D eigenvalue weighted by Crippen LogP contribution is -2.08. The Kier molecular flexibility index (Phi) is 1.56. The smallest absolute Gasteiger partial charge is 0.000754 e. The minimum absolute atomic E-state index is 0.611. The molecular formula is C9H12. The maximum atomic E-state index is 3.93. The Morgan fingerprint density at radius 1 is 1.78 bits per heavy atom. The molecule has 0 fully saturated rings. The summed E-state index contributed by atoms with van der Waals surface area (Å²) in [5.41, 5.74) is 2.66. The first kappa shape index (κ1) is 6.34. The predicted molar refractivity (Wildman–Crippen MR) is 41.2 cm³/mol. The van der Waals surface area contributed by atoms with Gasteiger partial charge in [0.1, 0.15) is 0 Å². The molecule has 0 radical (unpaired) electrons. The van der Waals surface area contributed by atoms with Crippen molar-refractivity contribution in [2.45, 2.75) is 13.3 Å². The van der Waals surface area contributed by atoms with Gasteiger partial charge in [0, 0.05) is 0 Å². The highest BCUT2D eigenvalue weighted by Crippen LogP contribution is 2.32. The molecular weight excluding hydrogens is 108 g/mol. The molecule has 0 heterocycles. The van der Waals surface area contributed by atoms with Gasteiger partial charge in [0.25, 0.3) is 0 Å². The molecule has 0 spiro atoms. The van der Waals surface area contributed by atoms with Crippen LogP contribution in [0.4, 0.5) is 0 Å². The van der Waals surface area contributed by atoms with Crippen molar-refractivity contribution in [2.24, 2.45) is 5.92 Å². The highest BCUT2D eigenvalue weighted by Gasteiger charge is 2.17. The zero-order chi connectivity index (χ0) is 6.85. The fraction of sp³-hybridized carbons (Fsp3) is 0.333. The second kappa shape index (κ2) is 2.22. The Morgan fingerprint density at radius 2 is 2.44 bits per heavy atom. The molecule has 1 aliphatic rings. The van der Waals surface area contributed by atoms with E-state index in [0.717, 1.165) is 6.42 Å². The molecule has 9 heavy (non-hydrogen) atoms. The van der Waals surface area contributed by atoms with E-state index in [9.17, 15) is 0 Å². The molecule has 0 aliphatic heterocycles. The van der Waals surface area contributed by atoms with Crippen LogP contribution in [-0.2, 0) is 0 Å². The molecule has 0 bridgehead atoms. The quantitative estimate of drug-likeness (QED) is 0.491. The minimum atomic E-state index is 0.611. The van der Waals surface area contributed by atoms with Crippen molar-refractivity contribution in [3.63, 3.8) is 0 Å². The number of hydrogen-bond donors (Lipinski definition) is 0.